The lowest BCUT2D eigenvalue weighted by atomic mass is 10.1. The summed E-state index contributed by atoms with van der Waals surface area (Å²) in [4.78, 5) is 22.8. The van der Waals surface area contributed by atoms with E-state index in [0.29, 0.717) is 28.5 Å². The van der Waals surface area contributed by atoms with Gasteiger partial charge in [-0.15, -0.1) is 0 Å². The van der Waals surface area contributed by atoms with Crippen molar-refractivity contribution < 1.29 is 23.9 Å². The molecule has 0 radical (unpaired) electrons. The Labute approximate surface area is 197 Å². The molecule has 0 aliphatic rings. The molecule has 8 heteroatoms. The number of hydrogen-bond acceptors (Lipinski definition) is 6. The minimum atomic E-state index is -0.484. The summed E-state index contributed by atoms with van der Waals surface area (Å²) in [5.74, 6) is 1.26. The molecule has 0 aliphatic heterocycles. The van der Waals surface area contributed by atoms with Crippen molar-refractivity contribution in [3.05, 3.63) is 93.5 Å². The van der Waals surface area contributed by atoms with Crippen molar-refractivity contribution >= 4 is 35.5 Å². The van der Waals surface area contributed by atoms with E-state index in [1.54, 1.807) is 51.7 Å². The number of anilines is 1. The molecule has 3 aromatic rings. The Kier molecular flexibility index (Phi) is 8.02. The molecule has 0 saturated heterocycles. The molecule has 0 atom stereocenters. The van der Waals surface area contributed by atoms with Gasteiger partial charge in [-0.2, -0.15) is 0 Å². The molecule has 174 valence electrons. The molecular weight excluding hydrogens is 436 g/mol. The summed E-state index contributed by atoms with van der Waals surface area (Å²) in [6, 6.07) is 17.2. The molecule has 1 amide bonds. The fraction of sp³-hybridized carbons (Fsp3) is 0.115. The van der Waals surface area contributed by atoms with Gasteiger partial charge in [0.1, 0.15) is 0 Å². The van der Waals surface area contributed by atoms with Gasteiger partial charge in [0, 0.05) is 17.8 Å². The Morgan fingerprint density at radius 2 is 1.47 bits per heavy atom. The van der Waals surface area contributed by atoms with Crippen LogP contribution in [0, 0.1) is 10.1 Å². The van der Waals surface area contributed by atoms with E-state index in [0.717, 1.165) is 11.1 Å². The summed E-state index contributed by atoms with van der Waals surface area (Å²) in [6.07, 6.45) is 6.51. The van der Waals surface area contributed by atoms with E-state index in [2.05, 4.69) is 5.32 Å². The number of methoxy groups -OCH3 is 3. The summed E-state index contributed by atoms with van der Waals surface area (Å²) in [6.45, 7) is 0. The van der Waals surface area contributed by atoms with E-state index >= 15 is 0 Å². The smallest absolute Gasteiger partial charge is 0.276 e. The van der Waals surface area contributed by atoms with Crippen molar-refractivity contribution in [3.8, 4) is 17.2 Å². The maximum absolute atomic E-state index is 12.2. The van der Waals surface area contributed by atoms with Crippen LogP contribution in [0.2, 0.25) is 0 Å². The van der Waals surface area contributed by atoms with Crippen molar-refractivity contribution in [2.24, 2.45) is 0 Å². The third kappa shape index (κ3) is 6.01. The Balaban J connectivity index is 1.67. The van der Waals surface area contributed by atoms with Crippen LogP contribution in [0.3, 0.4) is 0 Å². The van der Waals surface area contributed by atoms with Crippen LogP contribution in [0.1, 0.15) is 16.7 Å². The Morgan fingerprint density at radius 1 is 0.853 bits per heavy atom. The third-order valence-corrected chi connectivity index (χ3v) is 4.88. The molecule has 3 aromatic carbocycles. The van der Waals surface area contributed by atoms with E-state index in [9.17, 15) is 14.9 Å². The second kappa shape index (κ2) is 11.3. The average Bonchev–Trinajstić information content (AvgIpc) is 2.86. The highest BCUT2D eigenvalue weighted by molar-refractivity contribution is 6.02. The predicted octanol–water partition coefficient (Wildman–Crippen LogP) is 5.44. The first-order valence-corrected chi connectivity index (χ1v) is 10.3. The quantitative estimate of drug-likeness (QED) is 0.197. The fourth-order valence-electron chi connectivity index (χ4n) is 3.21. The largest absolute Gasteiger partial charge is 0.493 e. The minimum Gasteiger partial charge on any atom is -0.493 e. The van der Waals surface area contributed by atoms with Gasteiger partial charge >= 0.3 is 0 Å². The topological polar surface area (TPSA) is 99.9 Å². The van der Waals surface area contributed by atoms with Crippen molar-refractivity contribution in [2.45, 2.75) is 0 Å². The molecule has 8 nitrogen and oxygen atoms in total. The van der Waals surface area contributed by atoms with Crippen LogP contribution in [-0.4, -0.2) is 32.2 Å². The van der Waals surface area contributed by atoms with E-state index < -0.39 is 4.92 Å². The molecule has 0 heterocycles. The van der Waals surface area contributed by atoms with Crippen molar-refractivity contribution in [2.75, 3.05) is 26.6 Å². The number of carbonyl (C=O) groups excluding carboxylic acids is 1. The number of carbonyl (C=O) groups is 1. The number of ether oxygens (including phenoxy) is 3. The first-order valence-electron chi connectivity index (χ1n) is 10.3. The molecular formula is C26H24N2O6. The monoisotopic (exact) mass is 460 g/mol. The molecule has 3 rings (SSSR count). The highest BCUT2D eigenvalue weighted by Crippen LogP contribution is 2.38. The van der Waals surface area contributed by atoms with Gasteiger partial charge in [0.2, 0.25) is 11.7 Å². The summed E-state index contributed by atoms with van der Waals surface area (Å²) in [5.41, 5.74) is 2.68. The van der Waals surface area contributed by atoms with Gasteiger partial charge in [-0.05, 0) is 47.5 Å². The van der Waals surface area contributed by atoms with Gasteiger partial charge in [0.15, 0.2) is 11.5 Å². The minimum absolute atomic E-state index is 0.0604. The molecule has 0 aliphatic carbocycles. The highest BCUT2D eigenvalue weighted by atomic mass is 16.6. The Morgan fingerprint density at radius 3 is 2.06 bits per heavy atom. The summed E-state index contributed by atoms with van der Waals surface area (Å²) < 4.78 is 16.1. The number of nitrogens with zero attached hydrogens (tertiary/aromatic N) is 1. The van der Waals surface area contributed by atoms with Gasteiger partial charge in [0.05, 0.1) is 31.8 Å². The highest BCUT2D eigenvalue weighted by Gasteiger charge is 2.12. The third-order valence-electron chi connectivity index (χ3n) is 4.88. The average molecular weight is 460 g/mol. The van der Waals surface area contributed by atoms with Crippen LogP contribution in [0.25, 0.3) is 18.2 Å². The normalized spacial score (nSPS) is 10.9. The number of nitro groups is 1. The zero-order valence-electron chi connectivity index (χ0n) is 19.0. The van der Waals surface area contributed by atoms with Crippen LogP contribution in [-0.2, 0) is 4.79 Å². The Bertz CT molecular complexity index is 1210. The molecule has 1 N–H and O–H groups in total. The number of benzene rings is 3. The molecule has 0 fully saturated rings. The SMILES string of the molecule is COc1cc(/C=C/c2ccc(NC(=O)/C=C/c3ccccc3[N+](=O)[O-])cc2)cc(OC)c1OC. The van der Waals surface area contributed by atoms with E-state index in [4.69, 9.17) is 14.2 Å². The van der Waals surface area contributed by atoms with E-state index in [1.807, 2.05) is 36.4 Å². The van der Waals surface area contributed by atoms with Gasteiger partial charge in [-0.25, -0.2) is 0 Å². The molecule has 0 unspecified atom stereocenters. The lowest BCUT2D eigenvalue weighted by molar-refractivity contribution is -0.385. The molecule has 0 bridgehead atoms. The van der Waals surface area contributed by atoms with E-state index in [1.165, 1.54) is 18.2 Å². The zero-order valence-corrected chi connectivity index (χ0v) is 19.0. The maximum Gasteiger partial charge on any atom is 0.276 e. The standard InChI is InChI=1S/C26H24N2O6/c1-32-23-16-19(17-24(33-2)26(23)34-3)9-8-18-10-13-21(14-11-18)27-25(29)15-12-20-6-4-5-7-22(20)28(30)31/h4-17H,1-3H3,(H,27,29)/b9-8+,15-12+. The van der Waals surface area contributed by atoms with Crippen LogP contribution in [0.5, 0.6) is 17.2 Å². The summed E-state index contributed by atoms with van der Waals surface area (Å²) in [5, 5.41) is 13.8. The first-order chi connectivity index (χ1) is 16.4. The number of para-hydroxylation sites is 1. The van der Waals surface area contributed by atoms with Gasteiger partial charge in [-0.1, -0.05) is 36.4 Å². The number of nitro benzene ring substituents is 1. The van der Waals surface area contributed by atoms with Gasteiger partial charge < -0.3 is 19.5 Å². The molecule has 0 aromatic heterocycles. The maximum atomic E-state index is 12.2. The van der Waals surface area contributed by atoms with Crippen molar-refractivity contribution in [1.29, 1.82) is 0 Å². The van der Waals surface area contributed by atoms with Crippen LogP contribution < -0.4 is 19.5 Å². The molecule has 34 heavy (non-hydrogen) atoms. The Hall–Kier alpha value is -4.59. The lowest BCUT2D eigenvalue weighted by Gasteiger charge is -2.12. The second-order valence-corrected chi connectivity index (χ2v) is 7.05. The van der Waals surface area contributed by atoms with Crippen LogP contribution >= 0.6 is 0 Å². The van der Waals surface area contributed by atoms with Crippen molar-refractivity contribution in [1.82, 2.24) is 0 Å². The van der Waals surface area contributed by atoms with Gasteiger partial charge in [0.25, 0.3) is 5.69 Å². The fourth-order valence-corrected chi connectivity index (χ4v) is 3.21. The van der Waals surface area contributed by atoms with E-state index in [-0.39, 0.29) is 11.6 Å². The molecule has 0 spiro atoms. The number of hydrogen-bond donors (Lipinski definition) is 1. The number of rotatable bonds is 9. The zero-order chi connectivity index (χ0) is 24.5. The predicted molar refractivity (Wildman–Crippen MR) is 132 cm³/mol. The summed E-state index contributed by atoms with van der Waals surface area (Å²) in [7, 11) is 4.68. The summed E-state index contributed by atoms with van der Waals surface area (Å²) >= 11 is 0. The number of nitrogens with one attached hydrogen (secondary N) is 1. The molecule has 0 saturated carbocycles. The van der Waals surface area contributed by atoms with Crippen molar-refractivity contribution in [3.63, 3.8) is 0 Å². The van der Waals surface area contributed by atoms with Crippen LogP contribution in [0.15, 0.2) is 66.7 Å². The van der Waals surface area contributed by atoms with Gasteiger partial charge in [-0.3, -0.25) is 14.9 Å². The number of amides is 1. The lowest BCUT2D eigenvalue weighted by Crippen LogP contribution is -2.07. The van der Waals surface area contributed by atoms with Crippen LogP contribution in [0.4, 0.5) is 11.4 Å². The second-order valence-electron chi connectivity index (χ2n) is 7.05. The first kappa shape index (κ1) is 24.1.